The van der Waals surface area contributed by atoms with Crippen molar-refractivity contribution in [1.82, 2.24) is 5.32 Å². The third kappa shape index (κ3) is 4.87. The molecule has 0 radical (unpaired) electrons. The van der Waals surface area contributed by atoms with Gasteiger partial charge in [-0.15, -0.1) is 0 Å². The van der Waals surface area contributed by atoms with E-state index in [2.05, 4.69) is 10.6 Å². The zero-order valence-corrected chi connectivity index (χ0v) is 12.3. The highest BCUT2D eigenvalue weighted by molar-refractivity contribution is 5.93. The molecule has 0 saturated carbocycles. The van der Waals surface area contributed by atoms with Crippen molar-refractivity contribution in [3.63, 3.8) is 0 Å². The lowest BCUT2D eigenvalue weighted by Gasteiger charge is -2.16. The average Bonchev–Trinajstić information content (AvgIpc) is 2.47. The molecule has 0 heterocycles. The van der Waals surface area contributed by atoms with E-state index in [1.165, 1.54) is 14.2 Å². The molecule has 0 spiro atoms. The first kappa shape index (κ1) is 16.6. The minimum Gasteiger partial charge on any atom is -0.497 e. The van der Waals surface area contributed by atoms with Crippen molar-refractivity contribution in [2.24, 2.45) is 0 Å². The molecule has 7 heteroatoms. The molecule has 3 N–H and O–H groups in total. The van der Waals surface area contributed by atoms with E-state index in [9.17, 15) is 9.59 Å². The molecule has 0 saturated heterocycles. The molecule has 1 unspecified atom stereocenters. The highest BCUT2D eigenvalue weighted by atomic mass is 16.5. The highest BCUT2D eigenvalue weighted by Gasteiger charge is 2.19. The van der Waals surface area contributed by atoms with E-state index < -0.39 is 18.0 Å². The van der Waals surface area contributed by atoms with Crippen LogP contribution in [-0.2, 0) is 4.79 Å². The van der Waals surface area contributed by atoms with Crippen LogP contribution in [-0.4, -0.2) is 37.4 Å². The second-order valence-electron chi connectivity index (χ2n) is 4.34. The Kier molecular flexibility index (Phi) is 6.32. The van der Waals surface area contributed by atoms with E-state index in [0.29, 0.717) is 30.0 Å². The number of carboxylic acid groups (broad SMARTS) is 1. The van der Waals surface area contributed by atoms with Crippen LogP contribution in [0.5, 0.6) is 11.5 Å². The Balaban J connectivity index is 2.76. The van der Waals surface area contributed by atoms with Crippen molar-refractivity contribution in [2.75, 3.05) is 19.5 Å². The molecule has 21 heavy (non-hydrogen) atoms. The van der Waals surface area contributed by atoms with Crippen molar-refractivity contribution in [3.8, 4) is 11.5 Å². The minimum absolute atomic E-state index is 0.364. The van der Waals surface area contributed by atoms with Crippen molar-refractivity contribution in [1.29, 1.82) is 0 Å². The van der Waals surface area contributed by atoms with Crippen LogP contribution in [0.2, 0.25) is 0 Å². The maximum Gasteiger partial charge on any atom is 0.326 e. The average molecular weight is 296 g/mol. The number of nitrogens with one attached hydrogen (secondary N) is 2. The molecule has 0 aliphatic heterocycles. The SMILES string of the molecule is CCCC(NC(=O)Nc1ccc(OC)cc1OC)C(=O)O. The Morgan fingerprint density at radius 3 is 2.52 bits per heavy atom. The summed E-state index contributed by atoms with van der Waals surface area (Å²) in [5, 5.41) is 14.0. The first-order chi connectivity index (χ1) is 10.0. The summed E-state index contributed by atoms with van der Waals surface area (Å²) in [6, 6.07) is 3.39. The summed E-state index contributed by atoms with van der Waals surface area (Å²) in [4.78, 5) is 22.9. The predicted molar refractivity (Wildman–Crippen MR) is 78.0 cm³/mol. The van der Waals surface area contributed by atoms with E-state index in [-0.39, 0.29) is 0 Å². The van der Waals surface area contributed by atoms with Crippen LogP contribution < -0.4 is 20.1 Å². The predicted octanol–water partition coefficient (Wildman–Crippen LogP) is 2.08. The second kappa shape index (κ2) is 7.98. The molecule has 0 aliphatic carbocycles. The summed E-state index contributed by atoms with van der Waals surface area (Å²) in [7, 11) is 2.99. The number of methoxy groups -OCH3 is 2. The number of benzene rings is 1. The van der Waals surface area contributed by atoms with Crippen LogP contribution >= 0.6 is 0 Å². The molecule has 2 amide bonds. The largest absolute Gasteiger partial charge is 0.497 e. The Labute approximate surface area is 123 Å². The number of amides is 2. The second-order valence-corrected chi connectivity index (χ2v) is 4.34. The van der Waals surface area contributed by atoms with Gasteiger partial charge in [-0.05, 0) is 18.6 Å². The zero-order chi connectivity index (χ0) is 15.8. The smallest absolute Gasteiger partial charge is 0.326 e. The van der Waals surface area contributed by atoms with Gasteiger partial charge in [-0.1, -0.05) is 13.3 Å². The molecule has 116 valence electrons. The van der Waals surface area contributed by atoms with Crippen LogP contribution in [0.1, 0.15) is 19.8 Å². The van der Waals surface area contributed by atoms with Crippen LogP contribution in [0.3, 0.4) is 0 Å². The van der Waals surface area contributed by atoms with Crippen LogP contribution in [0.15, 0.2) is 18.2 Å². The monoisotopic (exact) mass is 296 g/mol. The lowest BCUT2D eigenvalue weighted by atomic mass is 10.2. The quantitative estimate of drug-likeness (QED) is 0.715. The summed E-state index contributed by atoms with van der Waals surface area (Å²) >= 11 is 0. The number of carbonyl (C=O) groups is 2. The van der Waals surface area contributed by atoms with Crippen LogP contribution in [0.4, 0.5) is 10.5 Å². The van der Waals surface area contributed by atoms with E-state index in [1.54, 1.807) is 18.2 Å². The van der Waals surface area contributed by atoms with Gasteiger partial charge in [0.1, 0.15) is 17.5 Å². The number of carboxylic acids is 1. The Bertz CT molecular complexity index is 504. The van der Waals surface area contributed by atoms with Crippen molar-refractivity contribution < 1.29 is 24.2 Å². The zero-order valence-electron chi connectivity index (χ0n) is 12.3. The summed E-state index contributed by atoms with van der Waals surface area (Å²) in [6.45, 7) is 1.85. The molecule has 0 fully saturated rings. The van der Waals surface area contributed by atoms with Gasteiger partial charge in [0.25, 0.3) is 0 Å². The van der Waals surface area contributed by atoms with E-state index >= 15 is 0 Å². The first-order valence-electron chi connectivity index (χ1n) is 6.54. The lowest BCUT2D eigenvalue weighted by molar-refractivity contribution is -0.139. The molecule has 1 aromatic carbocycles. The van der Waals surface area contributed by atoms with Crippen LogP contribution in [0, 0.1) is 0 Å². The van der Waals surface area contributed by atoms with E-state index in [0.717, 1.165) is 0 Å². The number of aliphatic carboxylic acids is 1. The number of carbonyl (C=O) groups excluding carboxylic acids is 1. The Morgan fingerprint density at radius 1 is 1.29 bits per heavy atom. The van der Waals surface area contributed by atoms with E-state index in [4.69, 9.17) is 14.6 Å². The van der Waals surface area contributed by atoms with Gasteiger partial charge in [0.2, 0.25) is 0 Å². The summed E-state index contributed by atoms with van der Waals surface area (Å²) < 4.78 is 10.2. The summed E-state index contributed by atoms with van der Waals surface area (Å²) in [5.41, 5.74) is 0.427. The van der Waals surface area contributed by atoms with Crippen molar-refractivity contribution >= 4 is 17.7 Å². The number of anilines is 1. The summed E-state index contributed by atoms with van der Waals surface area (Å²) in [6.07, 6.45) is 1.02. The number of hydrogen-bond acceptors (Lipinski definition) is 4. The maximum absolute atomic E-state index is 11.9. The molecule has 0 aliphatic rings. The van der Waals surface area contributed by atoms with Crippen LogP contribution in [0.25, 0.3) is 0 Å². The maximum atomic E-state index is 11.9. The molecule has 0 bridgehead atoms. The molecular weight excluding hydrogens is 276 g/mol. The molecule has 0 aromatic heterocycles. The molecule has 1 aromatic rings. The van der Waals surface area contributed by atoms with Gasteiger partial charge in [0.05, 0.1) is 19.9 Å². The van der Waals surface area contributed by atoms with Crippen molar-refractivity contribution in [2.45, 2.75) is 25.8 Å². The lowest BCUT2D eigenvalue weighted by Crippen LogP contribution is -2.42. The number of hydrogen-bond donors (Lipinski definition) is 3. The highest BCUT2D eigenvalue weighted by Crippen LogP contribution is 2.28. The van der Waals surface area contributed by atoms with Gasteiger partial charge in [-0.3, -0.25) is 0 Å². The molecular formula is C14H20N2O5. The summed E-state index contributed by atoms with van der Waals surface area (Å²) in [5.74, 6) is -0.0484. The fourth-order valence-electron chi connectivity index (χ4n) is 1.76. The number of ether oxygens (including phenoxy) is 2. The van der Waals surface area contributed by atoms with Crippen molar-refractivity contribution in [3.05, 3.63) is 18.2 Å². The van der Waals surface area contributed by atoms with Gasteiger partial charge in [-0.25, -0.2) is 9.59 Å². The molecule has 1 atom stereocenters. The number of rotatable bonds is 7. The third-order valence-electron chi connectivity index (χ3n) is 2.84. The van der Waals surface area contributed by atoms with E-state index in [1.807, 2.05) is 6.92 Å². The number of urea groups is 1. The fourth-order valence-corrected chi connectivity index (χ4v) is 1.76. The minimum atomic E-state index is -1.06. The van der Waals surface area contributed by atoms with Gasteiger partial charge in [0.15, 0.2) is 0 Å². The standard InChI is InChI=1S/C14H20N2O5/c1-4-5-11(13(17)18)16-14(19)15-10-7-6-9(20-2)8-12(10)21-3/h6-8,11H,4-5H2,1-3H3,(H,17,18)(H2,15,16,19). The van der Waals surface area contributed by atoms with Gasteiger partial charge in [0, 0.05) is 6.07 Å². The van der Waals surface area contributed by atoms with Gasteiger partial charge in [-0.2, -0.15) is 0 Å². The van der Waals surface area contributed by atoms with Gasteiger partial charge >= 0.3 is 12.0 Å². The van der Waals surface area contributed by atoms with Gasteiger partial charge < -0.3 is 25.2 Å². The third-order valence-corrected chi connectivity index (χ3v) is 2.84. The Morgan fingerprint density at radius 2 is 2.00 bits per heavy atom. The molecule has 7 nitrogen and oxygen atoms in total. The normalized spacial score (nSPS) is 11.4. The topological polar surface area (TPSA) is 96.9 Å². The first-order valence-corrected chi connectivity index (χ1v) is 6.54. The fraction of sp³-hybridized carbons (Fsp3) is 0.429. The molecule has 1 rings (SSSR count). The Hall–Kier alpha value is -2.44.